The molecule has 5 heteroatoms. The number of likely N-dealkylation sites (tertiary alicyclic amines) is 1. The third-order valence-corrected chi connectivity index (χ3v) is 5.67. The normalized spacial score (nSPS) is 22.8. The Labute approximate surface area is 143 Å². The van der Waals surface area contributed by atoms with Gasteiger partial charge in [0, 0.05) is 31.6 Å². The van der Waals surface area contributed by atoms with Gasteiger partial charge in [-0.1, -0.05) is 25.3 Å². The van der Waals surface area contributed by atoms with E-state index in [1.54, 1.807) is 0 Å². The van der Waals surface area contributed by atoms with E-state index < -0.39 is 0 Å². The van der Waals surface area contributed by atoms with Crippen molar-refractivity contribution in [3.8, 4) is 0 Å². The quantitative estimate of drug-likeness (QED) is 0.868. The summed E-state index contributed by atoms with van der Waals surface area (Å²) in [6.45, 7) is 1.69. The second kappa shape index (κ2) is 6.91. The molecule has 0 spiro atoms. The van der Waals surface area contributed by atoms with Gasteiger partial charge in [-0.15, -0.1) is 10.2 Å². The lowest BCUT2D eigenvalue weighted by Gasteiger charge is -2.33. The number of hydrogen-bond donors (Lipinski definition) is 0. The van der Waals surface area contributed by atoms with Gasteiger partial charge in [0.25, 0.3) is 0 Å². The van der Waals surface area contributed by atoms with Crippen LogP contribution < -0.4 is 0 Å². The molecule has 0 radical (unpaired) electrons. The number of piperidine rings is 1. The number of fused-ring (bicyclic) bond motifs is 1. The highest BCUT2D eigenvalue weighted by molar-refractivity contribution is 5.76. The van der Waals surface area contributed by atoms with E-state index in [1.807, 2.05) is 24.4 Å². The van der Waals surface area contributed by atoms with Crippen molar-refractivity contribution in [3.63, 3.8) is 0 Å². The zero-order valence-electron chi connectivity index (χ0n) is 14.2. The number of aromatic nitrogens is 3. The summed E-state index contributed by atoms with van der Waals surface area (Å²) in [5.74, 6) is 2.26. The van der Waals surface area contributed by atoms with Crippen molar-refractivity contribution in [3.05, 3.63) is 30.2 Å². The van der Waals surface area contributed by atoms with Crippen LogP contribution in [0.4, 0.5) is 0 Å². The van der Waals surface area contributed by atoms with Gasteiger partial charge in [0.15, 0.2) is 5.65 Å². The van der Waals surface area contributed by atoms with Crippen molar-refractivity contribution in [2.24, 2.45) is 5.92 Å². The van der Waals surface area contributed by atoms with E-state index in [2.05, 4.69) is 19.5 Å². The molecular weight excluding hydrogens is 300 g/mol. The number of carbonyl (C=O) groups excluding carboxylic acids is 1. The van der Waals surface area contributed by atoms with E-state index in [0.29, 0.717) is 17.7 Å². The van der Waals surface area contributed by atoms with Crippen molar-refractivity contribution < 1.29 is 4.79 Å². The van der Waals surface area contributed by atoms with E-state index in [4.69, 9.17) is 0 Å². The summed E-state index contributed by atoms with van der Waals surface area (Å²) in [5.41, 5.74) is 0.887. The van der Waals surface area contributed by atoms with E-state index in [9.17, 15) is 4.79 Å². The molecule has 1 aliphatic heterocycles. The molecule has 1 atom stereocenters. The molecule has 2 aromatic rings. The van der Waals surface area contributed by atoms with E-state index in [0.717, 1.165) is 43.8 Å². The van der Waals surface area contributed by atoms with Gasteiger partial charge in [-0.25, -0.2) is 0 Å². The lowest BCUT2D eigenvalue weighted by Crippen LogP contribution is -2.40. The molecule has 1 amide bonds. The first kappa shape index (κ1) is 15.6. The van der Waals surface area contributed by atoms with E-state index in [1.165, 1.54) is 32.1 Å². The van der Waals surface area contributed by atoms with Gasteiger partial charge >= 0.3 is 0 Å². The molecule has 2 fully saturated rings. The maximum Gasteiger partial charge on any atom is 0.222 e. The fraction of sp³-hybridized carbons (Fsp3) is 0.632. The van der Waals surface area contributed by atoms with Crippen molar-refractivity contribution in [2.75, 3.05) is 13.1 Å². The molecule has 0 unspecified atom stereocenters. The number of carbonyl (C=O) groups is 1. The first-order valence-corrected chi connectivity index (χ1v) is 9.38. The van der Waals surface area contributed by atoms with Crippen LogP contribution in [0.25, 0.3) is 5.65 Å². The van der Waals surface area contributed by atoms with Gasteiger partial charge < -0.3 is 4.90 Å². The van der Waals surface area contributed by atoms with Crippen LogP contribution in [-0.2, 0) is 4.79 Å². The third kappa shape index (κ3) is 3.17. The highest BCUT2D eigenvalue weighted by atomic mass is 16.2. The topological polar surface area (TPSA) is 50.5 Å². The molecule has 0 N–H and O–H groups in total. The molecule has 1 saturated heterocycles. The minimum Gasteiger partial charge on any atom is -0.342 e. The highest BCUT2D eigenvalue weighted by Crippen LogP contribution is 2.30. The maximum absolute atomic E-state index is 12.7. The van der Waals surface area contributed by atoms with Crippen molar-refractivity contribution >= 4 is 11.6 Å². The molecule has 0 bridgehead atoms. The van der Waals surface area contributed by atoms with Crippen LogP contribution in [-0.4, -0.2) is 38.5 Å². The first-order valence-electron chi connectivity index (χ1n) is 9.38. The zero-order valence-corrected chi connectivity index (χ0v) is 14.2. The first-order chi connectivity index (χ1) is 11.8. The van der Waals surface area contributed by atoms with Gasteiger partial charge in [0.2, 0.25) is 5.91 Å². The van der Waals surface area contributed by atoms with Crippen LogP contribution in [0, 0.1) is 5.92 Å². The molecule has 3 heterocycles. The van der Waals surface area contributed by atoms with Crippen LogP contribution in [0.5, 0.6) is 0 Å². The highest BCUT2D eigenvalue weighted by Gasteiger charge is 2.29. The SMILES string of the molecule is O=C(CC1CCCCC1)N1CCC[C@H](c2nnc3ccccn23)C1. The number of rotatable bonds is 3. The monoisotopic (exact) mass is 326 g/mol. The minimum absolute atomic E-state index is 0.298. The lowest BCUT2D eigenvalue weighted by atomic mass is 9.86. The van der Waals surface area contributed by atoms with Crippen LogP contribution in [0.3, 0.4) is 0 Å². The van der Waals surface area contributed by atoms with Gasteiger partial charge in [-0.3, -0.25) is 9.20 Å². The average molecular weight is 326 g/mol. The molecule has 1 aliphatic carbocycles. The molecule has 128 valence electrons. The smallest absolute Gasteiger partial charge is 0.222 e. The predicted molar refractivity (Wildman–Crippen MR) is 92.7 cm³/mol. The minimum atomic E-state index is 0.298. The second-order valence-electron chi connectivity index (χ2n) is 7.37. The van der Waals surface area contributed by atoms with Crippen LogP contribution >= 0.6 is 0 Å². The Hall–Kier alpha value is -1.91. The van der Waals surface area contributed by atoms with Gasteiger partial charge in [0.05, 0.1) is 0 Å². The average Bonchev–Trinajstić information content (AvgIpc) is 3.07. The molecular formula is C19H26N4O. The third-order valence-electron chi connectivity index (χ3n) is 5.67. The summed E-state index contributed by atoms with van der Waals surface area (Å²) in [7, 11) is 0. The Morgan fingerprint density at radius 1 is 1.08 bits per heavy atom. The van der Waals surface area contributed by atoms with Gasteiger partial charge in [-0.2, -0.15) is 0 Å². The van der Waals surface area contributed by atoms with E-state index >= 15 is 0 Å². The summed E-state index contributed by atoms with van der Waals surface area (Å²) < 4.78 is 2.07. The predicted octanol–water partition coefficient (Wildman–Crippen LogP) is 3.41. The van der Waals surface area contributed by atoms with Crippen molar-refractivity contribution in [2.45, 2.75) is 57.3 Å². The molecule has 0 aromatic carbocycles. The summed E-state index contributed by atoms with van der Waals surface area (Å²) in [6.07, 6.45) is 11.3. The van der Waals surface area contributed by atoms with Gasteiger partial charge in [-0.05, 0) is 43.7 Å². The van der Waals surface area contributed by atoms with Crippen molar-refractivity contribution in [1.29, 1.82) is 0 Å². The fourth-order valence-corrected chi connectivity index (χ4v) is 4.32. The number of hydrogen-bond acceptors (Lipinski definition) is 3. The number of amides is 1. The Kier molecular flexibility index (Phi) is 4.50. The molecule has 1 saturated carbocycles. The van der Waals surface area contributed by atoms with Gasteiger partial charge in [0.1, 0.15) is 5.82 Å². The fourth-order valence-electron chi connectivity index (χ4n) is 4.32. The summed E-state index contributed by atoms with van der Waals surface area (Å²) in [4.78, 5) is 14.8. The number of pyridine rings is 1. The number of nitrogens with zero attached hydrogens (tertiary/aromatic N) is 4. The molecule has 24 heavy (non-hydrogen) atoms. The molecule has 2 aromatic heterocycles. The lowest BCUT2D eigenvalue weighted by molar-refractivity contribution is -0.133. The Morgan fingerprint density at radius 3 is 2.83 bits per heavy atom. The largest absolute Gasteiger partial charge is 0.342 e. The zero-order chi connectivity index (χ0) is 16.4. The second-order valence-corrected chi connectivity index (χ2v) is 7.37. The molecule has 4 rings (SSSR count). The molecule has 2 aliphatic rings. The van der Waals surface area contributed by atoms with Crippen LogP contribution in [0.1, 0.15) is 63.1 Å². The summed E-state index contributed by atoms with van der Waals surface area (Å²) in [5, 5.41) is 8.67. The summed E-state index contributed by atoms with van der Waals surface area (Å²) >= 11 is 0. The Bertz CT molecular complexity index is 704. The molecule has 5 nitrogen and oxygen atoms in total. The summed E-state index contributed by atoms with van der Waals surface area (Å²) in [6, 6.07) is 5.97. The standard InChI is InChI=1S/C19H26N4O/c24-18(13-15-7-2-1-3-8-15)22-11-6-9-16(14-22)19-21-20-17-10-4-5-12-23(17)19/h4-5,10,12,15-16H,1-3,6-9,11,13-14H2/t16-/m0/s1. The van der Waals surface area contributed by atoms with Crippen LogP contribution in [0.2, 0.25) is 0 Å². The van der Waals surface area contributed by atoms with Crippen molar-refractivity contribution in [1.82, 2.24) is 19.5 Å². The van der Waals surface area contributed by atoms with Crippen LogP contribution in [0.15, 0.2) is 24.4 Å². The Morgan fingerprint density at radius 2 is 1.96 bits per heavy atom. The Balaban J connectivity index is 1.44. The van der Waals surface area contributed by atoms with E-state index in [-0.39, 0.29) is 0 Å². The maximum atomic E-state index is 12.7.